The number of anilines is 1. The highest BCUT2D eigenvalue weighted by Crippen LogP contribution is 2.30. The summed E-state index contributed by atoms with van der Waals surface area (Å²) >= 11 is 0. The highest BCUT2D eigenvalue weighted by atomic mass is 19.1. The second-order valence-corrected chi connectivity index (χ2v) is 8.54. The number of hydrogen-bond donors (Lipinski definition) is 1. The number of para-hydroxylation sites is 1. The fourth-order valence-corrected chi connectivity index (χ4v) is 4.83. The van der Waals surface area contributed by atoms with Gasteiger partial charge in [-0.1, -0.05) is 18.2 Å². The minimum absolute atomic E-state index is 0.0128. The molecular formula is C25H27FN4O. The van der Waals surface area contributed by atoms with Crippen LogP contribution in [0.1, 0.15) is 36.2 Å². The number of amides is 1. The maximum absolute atomic E-state index is 13.4. The first-order valence-corrected chi connectivity index (χ1v) is 11.1. The standard InChI is InChI=1S/C25H27FN4O/c26-19-11-13-21(14-12-19)30-24-10-4-9-22(24)23(28-30)17-29-15-5-6-18(16-29)25(31)27-20-7-2-1-3-8-20/h1-3,7-8,11-14,18H,4-6,9-10,15-17H2,(H,27,31). The Balaban J connectivity index is 1.30. The molecule has 1 N–H and O–H groups in total. The van der Waals surface area contributed by atoms with Crippen LogP contribution in [0.5, 0.6) is 0 Å². The summed E-state index contributed by atoms with van der Waals surface area (Å²) in [7, 11) is 0. The Labute approximate surface area is 181 Å². The topological polar surface area (TPSA) is 50.2 Å². The summed E-state index contributed by atoms with van der Waals surface area (Å²) in [5.41, 5.74) is 5.43. The molecule has 0 radical (unpaired) electrons. The van der Waals surface area contributed by atoms with E-state index < -0.39 is 0 Å². The lowest BCUT2D eigenvalue weighted by molar-refractivity contribution is -0.121. The van der Waals surface area contributed by atoms with Gasteiger partial charge < -0.3 is 5.32 Å². The maximum atomic E-state index is 13.4. The highest BCUT2D eigenvalue weighted by molar-refractivity contribution is 5.92. The molecule has 31 heavy (non-hydrogen) atoms. The molecular weight excluding hydrogens is 391 g/mol. The summed E-state index contributed by atoms with van der Waals surface area (Å²) in [6.45, 7) is 2.48. The molecule has 1 saturated heterocycles. The van der Waals surface area contributed by atoms with Crippen molar-refractivity contribution in [3.8, 4) is 5.69 Å². The predicted molar refractivity (Wildman–Crippen MR) is 119 cm³/mol. The third kappa shape index (κ3) is 4.26. The van der Waals surface area contributed by atoms with Crippen molar-refractivity contribution >= 4 is 11.6 Å². The summed E-state index contributed by atoms with van der Waals surface area (Å²) < 4.78 is 15.3. The van der Waals surface area contributed by atoms with Crippen LogP contribution in [-0.2, 0) is 24.2 Å². The van der Waals surface area contributed by atoms with Crippen LogP contribution in [0.25, 0.3) is 5.69 Å². The Hall–Kier alpha value is -2.99. The number of likely N-dealkylation sites (tertiary alicyclic amines) is 1. The number of carbonyl (C=O) groups is 1. The summed E-state index contributed by atoms with van der Waals surface area (Å²) in [6.07, 6.45) is 5.09. The molecule has 6 heteroatoms. The first-order chi connectivity index (χ1) is 15.2. The molecule has 1 atom stereocenters. The number of benzene rings is 2. The molecule has 1 amide bonds. The van der Waals surface area contributed by atoms with Crippen LogP contribution < -0.4 is 5.32 Å². The molecule has 1 aromatic heterocycles. The van der Waals surface area contributed by atoms with Crippen molar-refractivity contribution in [1.29, 1.82) is 0 Å². The third-order valence-electron chi connectivity index (χ3n) is 6.38. The van der Waals surface area contributed by atoms with Crippen molar-refractivity contribution < 1.29 is 9.18 Å². The van der Waals surface area contributed by atoms with Gasteiger partial charge in [-0.25, -0.2) is 9.07 Å². The molecule has 1 unspecified atom stereocenters. The molecule has 0 spiro atoms. The van der Waals surface area contributed by atoms with E-state index in [1.54, 1.807) is 12.1 Å². The van der Waals surface area contributed by atoms with Crippen LogP contribution in [0.15, 0.2) is 54.6 Å². The van der Waals surface area contributed by atoms with Gasteiger partial charge in [0.25, 0.3) is 0 Å². The predicted octanol–water partition coefficient (Wildman–Crippen LogP) is 4.35. The van der Waals surface area contributed by atoms with Crippen LogP contribution in [-0.4, -0.2) is 33.7 Å². The normalized spacial score (nSPS) is 18.7. The molecule has 1 aliphatic carbocycles. The Morgan fingerprint density at radius 3 is 2.68 bits per heavy atom. The van der Waals surface area contributed by atoms with Gasteiger partial charge in [0.1, 0.15) is 5.82 Å². The van der Waals surface area contributed by atoms with Crippen LogP contribution in [0.2, 0.25) is 0 Å². The maximum Gasteiger partial charge on any atom is 0.228 e. The third-order valence-corrected chi connectivity index (χ3v) is 6.38. The SMILES string of the molecule is O=C(Nc1ccccc1)C1CCCN(Cc2nn(-c3ccc(F)cc3)c3c2CCC3)C1. The second-order valence-electron chi connectivity index (χ2n) is 8.54. The van der Waals surface area contributed by atoms with Crippen LogP contribution in [0.3, 0.4) is 0 Å². The lowest BCUT2D eigenvalue weighted by atomic mass is 9.96. The average molecular weight is 419 g/mol. The van der Waals surface area contributed by atoms with Crippen molar-refractivity contribution in [2.75, 3.05) is 18.4 Å². The Morgan fingerprint density at radius 1 is 1.06 bits per heavy atom. The van der Waals surface area contributed by atoms with Crippen molar-refractivity contribution in [3.63, 3.8) is 0 Å². The van der Waals surface area contributed by atoms with Gasteiger partial charge in [0.05, 0.1) is 17.3 Å². The molecule has 2 aromatic carbocycles. The van der Waals surface area contributed by atoms with Crippen molar-refractivity contribution in [1.82, 2.24) is 14.7 Å². The Bertz CT molecular complexity index is 1060. The molecule has 5 rings (SSSR count). The number of carbonyl (C=O) groups excluding carboxylic acids is 1. The molecule has 2 heterocycles. The molecule has 3 aromatic rings. The van der Waals surface area contributed by atoms with Crippen molar-refractivity contribution in [2.24, 2.45) is 5.92 Å². The zero-order chi connectivity index (χ0) is 21.2. The minimum atomic E-state index is -0.235. The van der Waals surface area contributed by atoms with E-state index >= 15 is 0 Å². The van der Waals surface area contributed by atoms with Gasteiger partial charge in [0, 0.05) is 24.5 Å². The zero-order valence-corrected chi connectivity index (χ0v) is 17.6. The number of hydrogen-bond acceptors (Lipinski definition) is 3. The summed E-state index contributed by atoms with van der Waals surface area (Å²) in [6, 6.07) is 16.2. The van der Waals surface area contributed by atoms with Gasteiger partial charge in [-0.3, -0.25) is 9.69 Å². The van der Waals surface area contributed by atoms with Gasteiger partial charge in [0.15, 0.2) is 0 Å². The molecule has 0 saturated carbocycles. The number of nitrogens with one attached hydrogen (secondary N) is 1. The quantitative estimate of drug-likeness (QED) is 0.670. The van der Waals surface area contributed by atoms with Gasteiger partial charge in [-0.2, -0.15) is 5.10 Å². The van der Waals surface area contributed by atoms with Gasteiger partial charge in [-0.05, 0) is 80.6 Å². The van der Waals surface area contributed by atoms with E-state index in [0.29, 0.717) is 0 Å². The lowest BCUT2D eigenvalue weighted by Crippen LogP contribution is -2.40. The van der Waals surface area contributed by atoms with Crippen LogP contribution in [0.4, 0.5) is 10.1 Å². The molecule has 2 aliphatic rings. The fourth-order valence-electron chi connectivity index (χ4n) is 4.83. The number of piperidine rings is 1. The van der Waals surface area contributed by atoms with E-state index in [9.17, 15) is 9.18 Å². The molecule has 1 fully saturated rings. The number of aromatic nitrogens is 2. The van der Waals surface area contributed by atoms with Crippen LogP contribution >= 0.6 is 0 Å². The second kappa shape index (κ2) is 8.63. The first kappa shape index (κ1) is 19.9. The number of rotatable bonds is 5. The van der Waals surface area contributed by atoms with Gasteiger partial charge in [0.2, 0.25) is 5.91 Å². The summed E-state index contributed by atoms with van der Waals surface area (Å²) in [5.74, 6) is -0.153. The lowest BCUT2D eigenvalue weighted by Gasteiger charge is -2.31. The smallest absolute Gasteiger partial charge is 0.228 e. The van der Waals surface area contributed by atoms with Crippen molar-refractivity contribution in [2.45, 2.75) is 38.6 Å². The van der Waals surface area contributed by atoms with Crippen LogP contribution in [0, 0.1) is 11.7 Å². The van der Waals surface area contributed by atoms with E-state index in [1.165, 1.54) is 23.4 Å². The van der Waals surface area contributed by atoms with Gasteiger partial charge >= 0.3 is 0 Å². The van der Waals surface area contributed by atoms with E-state index in [-0.39, 0.29) is 17.6 Å². The number of nitrogens with zero attached hydrogens (tertiary/aromatic N) is 3. The number of fused-ring (bicyclic) bond motifs is 1. The summed E-state index contributed by atoms with van der Waals surface area (Å²) in [4.78, 5) is 15.1. The van der Waals surface area contributed by atoms with Gasteiger partial charge in [-0.15, -0.1) is 0 Å². The van der Waals surface area contributed by atoms with E-state index in [0.717, 1.165) is 68.8 Å². The molecule has 0 bridgehead atoms. The Kier molecular flexibility index (Phi) is 5.55. The van der Waals surface area contributed by atoms with E-state index in [1.807, 2.05) is 35.0 Å². The average Bonchev–Trinajstić information content (AvgIpc) is 3.39. The Morgan fingerprint density at radius 2 is 1.87 bits per heavy atom. The monoisotopic (exact) mass is 418 g/mol. The minimum Gasteiger partial charge on any atom is -0.326 e. The fraction of sp³-hybridized carbons (Fsp3) is 0.360. The van der Waals surface area contributed by atoms with Crippen molar-refractivity contribution in [3.05, 3.63) is 77.4 Å². The largest absolute Gasteiger partial charge is 0.326 e. The molecule has 5 nitrogen and oxygen atoms in total. The summed E-state index contributed by atoms with van der Waals surface area (Å²) in [5, 5.41) is 7.97. The molecule has 1 aliphatic heterocycles. The zero-order valence-electron chi connectivity index (χ0n) is 17.6. The van der Waals surface area contributed by atoms with E-state index in [4.69, 9.17) is 5.10 Å². The first-order valence-electron chi connectivity index (χ1n) is 11.1. The highest BCUT2D eigenvalue weighted by Gasteiger charge is 2.29. The van der Waals surface area contributed by atoms with E-state index in [2.05, 4.69) is 10.2 Å². The number of halogens is 1. The molecule has 160 valence electrons.